The molecule has 1 heterocycles. The molecule has 0 unspecified atom stereocenters. The van der Waals surface area contributed by atoms with Crippen molar-refractivity contribution in [3.8, 4) is 0 Å². The zero-order chi connectivity index (χ0) is 15.4. The van der Waals surface area contributed by atoms with E-state index in [2.05, 4.69) is 31.4 Å². The molecule has 0 bridgehead atoms. The molecule has 1 aromatic heterocycles. The van der Waals surface area contributed by atoms with Crippen molar-refractivity contribution < 1.29 is 14.3 Å². The number of carbonyl (C=O) groups is 2. The Morgan fingerprint density at radius 1 is 1.38 bits per heavy atom. The van der Waals surface area contributed by atoms with Gasteiger partial charge in [-0.1, -0.05) is 0 Å². The van der Waals surface area contributed by atoms with Gasteiger partial charge >= 0.3 is 5.97 Å². The van der Waals surface area contributed by atoms with E-state index in [-0.39, 0.29) is 5.91 Å². The van der Waals surface area contributed by atoms with Crippen molar-refractivity contribution in [2.75, 3.05) is 11.9 Å². The number of hydrogen-bond acceptors (Lipinski definition) is 4. The van der Waals surface area contributed by atoms with Crippen LogP contribution in [0.3, 0.4) is 0 Å². The van der Waals surface area contributed by atoms with Gasteiger partial charge in [0.2, 0.25) is 0 Å². The van der Waals surface area contributed by atoms with Crippen LogP contribution in [0, 0.1) is 6.92 Å². The topological polar surface area (TPSA) is 84.1 Å². The number of nitrogens with one attached hydrogen (secondary N) is 2. The van der Waals surface area contributed by atoms with E-state index in [1.54, 1.807) is 31.2 Å². The number of H-pyrrole nitrogens is 1. The Balaban J connectivity index is 2.14. The molecule has 2 N–H and O–H groups in total. The second kappa shape index (κ2) is 6.53. The van der Waals surface area contributed by atoms with E-state index in [1.807, 2.05) is 6.92 Å². The van der Waals surface area contributed by atoms with Crippen LogP contribution in [0.4, 0.5) is 5.69 Å². The molecule has 6 nitrogen and oxygen atoms in total. The standard InChI is InChI=1S/C14H14BrN3O3/c1-3-21-14(20)9-4-5-11(10(15)7-9)16-13(19)12-6-8(2)17-18-12/h4-7H,3H2,1-2H3,(H,16,19)(H,17,18). The van der Waals surface area contributed by atoms with E-state index < -0.39 is 5.97 Å². The number of amides is 1. The number of nitrogens with zero attached hydrogens (tertiary/aromatic N) is 1. The van der Waals surface area contributed by atoms with Gasteiger partial charge in [-0.3, -0.25) is 9.89 Å². The Morgan fingerprint density at radius 2 is 2.14 bits per heavy atom. The SMILES string of the molecule is CCOC(=O)c1ccc(NC(=O)c2cc(C)[nH]n2)c(Br)c1. The van der Waals surface area contributed by atoms with E-state index in [1.165, 1.54) is 0 Å². The lowest BCUT2D eigenvalue weighted by molar-refractivity contribution is 0.0526. The molecule has 0 saturated heterocycles. The zero-order valence-corrected chi connectivity index (χ0v) is 13.2. The number of aromatic nitrogens is 2. The summed E-state index contributed by atoms with van der Waals surface area (Å²) in [6, 6.07) is 6.47. The van der Waals surface area contributed by atoms with Crippen LogP contribution in [-0.4, -0.2) is 28.7 Å². The van der Waals surface area contributed by atoms with Crippen LogP contribution in [-0.2, 0) is 4.74 Å². The lowest BCUT2D eigenvalue weighted by Gasteiger charge is -2.08. The monoisotopic (exact) mass is 351 g/mol. The first-order valence-corrected chi connectivity index (χ1v) is 7.10. The Hall–Kier alpha value is -2.15. The van der Waals surface area contributed by atoms with Gasteiger partial charge in [0, 0.05) is 10.2 Å². The molecular weight excluding hydrogens is 338 g/mol. The summed E-state index contributed by atoms with van der Waals surface area (Å²) in [6.45, 7) is 3.87. The average Bonchev–Trinajstić information content (AvgIpc) is 2.88. The van der Waals surface area contributed by atoms with Gasteiger partial charge in [0.1, 0.15) is 0 Å². The van der Waals surface area contributed by atoms with Gasteiger partial charge in [-0.05, 0) is 54.0 Å². The summed E-state index contributed by atoms with van der Waals surface area (Å²) in [5, 5.41) is 9.31. The Labute approximate surface area is 130 Å². The summed E-state index contributed by atoms with van der Waals surface area (Å²) in [5.41, 5.74) is 2.07. The molecule has 0 aliphatic rings. The first-order valence-electron chi connectivity index (χ1n) is 6.31. The molecule has 7 heteroatoms. The van der Waals surface area contributed by atoms with Crippen LogP contribution in [0.25, 0.3) is 0 Å². The first kappa shape index (κ1) is 15.2. The number of halogens is 1. The van der Waals surface area contributed by atoms with Crippen LogP contribution < -0.4 is 5.32 Å². The maximum absolute atomic E-state index is 12.0. The van der Waals surface area contributed by atoms with Gasteiger partial charge in [0.05, 0.1) is 17.9 Å². The van der Waals surface area contributed by atoms with Crippen LogP contribution in [0.2, 0.25) is 0 Å². The molecule has 0 atom stereocenters. The minimum atomic E-state index is -0.404. The number of benzene rings is 1. The zero-order valence-electron chi connectivity index (χ0n) is 11.6. The van der Waals surface area contributed by atoms with E-state index >= 15 is 0 Å². The number of rotatable bonds is 4. The molecule has 0 aliphatic carbocycles. The molecule has 0 radical (unpaired) electrons. The smallest absolute Gasteiger partial charge is 0.338 e. The fraction of sp³-hybridized carbons (Fsp3) is 0.214. The highest BCUT2D eigenvalue weighted by Gasteiger charge is 2.13. The maximum Gasteiger partial charge on any atom is 0.338 e. The van der Waals surface area contributed by atoms with E-state index in [4.69, 9.17) is 4.74 Å². The predicted octanol–water partition coefficient (Wildman–Crippen LogP) is 2.91. The second-order valence-electron chi connectivity index (χ2n) is 4.31. The van der Waals surface area contributed by atoms with Crippen molar-refractivity contribution in [2.24, 2.45) is 0 Å². The van der Waals surface area contributed by atoms with Crippen molar-refractivity contribution in [3.05, 3.63) is 45.7 Å². The molecule has 0 fully saturated rings. The number of anilines is 1. The van der Waals surface area contributed by atoms with Gasteiger partial charge in [0.15, 0.2) is 5.69 Å². The molecule has 1 amide bonds. The van der Waals surface area contributed by atoms with E-state index in [0.29, 0.717) is 28.0 Å². The van der Waals surface area contributed by atoms with Gasteiger partial charge in [-0.15, -0.1) is 0 Å². The van der Waals surface area contributed by atoms with Crippen molar-refractivity contribution >= 4 is 33.5 Å². The summed E-state index contributed by atoms with van der Waals surface area (Å²) in [4.78, 5) is 23.6. The molecule has 0 saturated carbocycles. The molecule has 21 heavy (non-hydrogen) atoms. The largest absolute Gasteiger partial charge is 0.462 e. The summed E-state index contributed by atoms with van der Waals surface area (Å²) in [5.74, 6) is -0.733. The molecule has 1 aromatic carbocycles. The van der Waals surface area contributed by atoms with Crippen molar-refractivity contribution in [2.45, 2.75) is 13.8 Å². The summed E-state index contributed by atoms with van der Waals surface area (Å²) < 4.78 is 5.51. The highest BCUT2D eigenvalue weighted by atomic mass is 79.9. The molecular formula is C14H14BrN3O3. The third-order valence-electron chi connectivity index (χ3n) is 2.67. The molecule has 0 spiro atoms. The highest BCUT2D eigenvalue weighted by molar-refractivity contribution is 9.10. The second-order valence-corrected chi connectivity index (χ2v) is 5.16. The fourth-order valence-corrected chi connectivity index (χ4v) is 2.16. The summed E-state index contributed by atoms with van der Waals surface area (Å²) in [7, 11) is 0. The molecule has 110 valence electrons. The molecule has 0 aliphatic heterocycles. The maximum atomic E-state index is 12.0. The normalized spacial score (nSPS) is 10.2. The van der Waals surface area contributed by atoms with Crippen molar-refractivity contribution in [1.29, 1.82) is 0 Å². The fourth-order valence-electron chi connectivity index (χ4n) is 1.68. The third kappa shape index (κ3) is 3.69. The van der Waals surface area contributed by atoms with Gasteiger partial charge in [0.25, 0.3) is 5.91 Å². The minimum Gasteiger partial charge on any atom is -0.462 e. The summed E-state index contributed by atoms with van der Waals surface area (Å²) >= 11 is 3.32. The average molecular weight is 352 g/mol. The Kier molecular flexibility index (Phi) is 4.74. The van der Waals surface area contributed by atoms with Crippen LogP contribution in [0.1, 0.15) is 33.5 Å². The number of aromatic amines is 1. The number of esters is 1. The lowest BCUT2D eigenvalue weighted by atomic mass is 10.2. The van der Waals surface area contributed by atoms with Crippen molar-refractivity contribution in [3.63, 3.8) is 0 Å². The number of carbonyl (C=O) groups excluding carboxylic acids is 2. The van der Waals surface area contributed by atoms with Crippen molar-refractivity contribution in [1.82, 2.24) is 10.2 Å². The molecule has 2 aromatic rings. The third-order valence-corrected chi connectivity index (χ3v) is 3.32. The van der Waals surface area contributed by atoms with Gasteiger partial charge in [-0.25, -0.2) is 4.79 Å². The van der Waals surface area contributed by atoms with E-state index in [9.17, 15) is 9.59 Å². The van der Waals surface area contributed by atoms with E-state index in [0.717, 1.165) is 5.69 Å². The van der Waals surface area contributed by atoms with Crippen LogP contribution in [0.15, 0.2) is 28.7 Å². The Bertz CT molecular complexity index is 682. The Morgan fingerprint density at radius 3 is 2.71 bits per heavy atom. The van der Waals surface area contributed by atoms with Crippen LogP contribution in [0.5, 0.6) is 0 Å². The predicted molar refractivity (Wildman–Crippen MR) is 81.4 cm³/mol. The number of ether oxygens (including phenoxy) is 1. The quantitative estimate of drug-likeness (QED) is 0.829. The first-order chi connectivity index (χ1) is 10.0. The summed E-state index contributed by atoms with van der Waals surface area (Å²) in [6.07, 6.45) is 0. The van der Waals surface area contributed by atoms with Gasteiger partial charge in [-0.2, -0.15) is 5.10 Å². The number of aryl methyl sites for hydroxylation is 1. The van der Waals surface area contributed by atoms with Gasteiger partial charge < -0.3 is 10.1 Å². The molecule has 2 rings (SSSR count). The lowest BCUT2D eigenvalue weighted by Crippen LogP contribution is -2.13. The number of hydrogen-bond donors (Lipinski definition) is 2. The van der Waals surface area contributed by atoms with Crippen LogP contribution >= 0.6 is 15.9 Å². The highest BCUT2D eigenvalue weighted by Crippen LogP contribution is 2.24. The minimum absolute atomic E-state index is 0.300.